The highest BCUT2D eigenvalue weighted by Gasteiger charge is 2.44. The Hall–Kier alpha value is -1.26. The largest absolute Gasteiger partial charge is 0.481 e. The van der Waals surface area contributed by atoms with Gasteiger partial charge in [0.2, 0.25) is 0 Å². The van der Waals surface area contributed by atoms with Crippen LogP contribution in [0.15, 0.2) is 0 Å². The Morgan fingerprint density at radius 3 is 2.35 bits per heavy atom. The monoisotopic (exact) mass is 243 g/mol. The van der Waals surface area contributed by atoms with Crippen LogP contribution in [-0.4, -0.2) is 28.3 Å². The summed E-state index contributed by atoms with van der Waals surface area (Å²) >= 11 is 0. The molecule has 1 rings (SSSR count). The van der Waals surface area contributed by atoms with Crippen LogP contribution >= 0.6 is 0 Å². The van der Waals surface area contributed by atoms with E-state index >= 15 is 0 Å². The molecule has 1 fully saturated rings. The van der Waals surface area contributed by atoms with E-state index in [-0.39, 0.29) is 12.0 Å². The highest BCUT2D eigenvalue weighted by molar-refractivity contribution is 5.69. The van der Waals surface area contributed by atoms with E-state index in [4.69, 9.17) is 9.84 Å². The Labute approximate surface area is 102 Å². The van der Waals surface area contributed by atoms with Crippen LogP contribution in [0.2, 0.25) is 0 Å². The van der Waals surface area contributed by atoms with E-state index in [0.29, 0.717) is 12.8 Å². The van der Waals surface area contributed by atoms with Gasteiger partial charge in [-0.2, -0.15) is 0 Å². The van der Waals surface area contributed by atoms with Gasteiger partial charge < -0.3 is 15.2 Å². The summed E-state index contributed by atoms with van der Waals surface area (Å²) in [5.41, 5.74) is -0.709. The molecule has 1 aliphatic rings. The van der Waals surface area contributed by atoms with Crippen LogP contribution in [0.3, 0.4) is 0 Å². The fourth-order valence-electron chi connectivity index (χ4n) is 1.69. The first kappa shape index (κ1) is 13.8. The quantitative estimate of drug-likeness (QED) is 0.776. The molecule has 0 aromatic carbocycles. The molecule has 0 aromatic heterocycles. The lowest BCUT2D eigenvalue weighted by Crippen LogP contribution is -2.40. The third-order valence-corrected chi connectivity index (χ3v) is 2.67. The maximum Gasteiger partial charge on any atom is 0.408 e. The van der Waals surface area contributed by atoms with Crippen molar-refractivity contribution in [3.05, 3.63) is 0 Å². The van der Waals surface area contributed by atoms with Gasteiger partial charge in [-0.05, 0) is 46.5 Å². The summed E-state index contributed by atoms with van der Waals surface area (Å²) in [4.78, 5) is 22.0. The van der Waals surface area contributed by atoms with Crippen molar-refractivity contribution < 1.29 is 19.4 Å². The Morgan fingerprint density at radius 2 is 1.94 bits per heavy atom. The first-order valence-corrected chi connectivity index (χ1v) is 5.95. The third-order valence-electron chi connectivity index (χ3n) is 2.67. The molecule has 0 bridgehead atoms. The van der Waals surface area contributed by atoms with Gasteiger partial charge in [0.1, 0.15) is 5.60 Å². The lowest BCUT2D eigenvalue weighted by atomic mass is 10.1. The summed E-state index contributed by atoms with van der Waals surface area (Å²) < 4.78 is 5.17. The fourth-order valence-corrected chi connectivity index (χ4v) is 1.69. The number of rotatable bonds is 5. The Balaban J connectivity index is 2.30. The maximum atomic E-state index is 11.6. The van der Waals surface area contributed by atoms with Crippen molar-refractivity contribution in [2.24, 2.45) is 0 Å². The molecular weight excluding hydrogens is 222 g/mol. The number of carbonyl (C=O) groups excluding carboxylic acids is 1. The molecule has 0 unspecified atom stereocenters. The molecule has 0 radical (unpaired) electrons. The molecule has 0 heterocycles. The lowest BCUT2D eigenvalue weighted by molar-refractivity contribution is -0.137. The van der Waals surface area contributed by atoms with Crippen LogP contribution in [0.1, 0.15) is 52.9 Å². The number of ether oxygens (including phenoxy) is 1. The second kappa shape index (κ2) is 4.94. The molecule has 98 valence electrons. The van der Waals surface area contributed by atoms with E-state index in [2.05, 4.69) is 5.32 Å². The van der Waals surface area contributed by atoms with Crippen molar-refractivity contribution in [3.63, 3.8) is 0 Å². The van der Waals surface area contributed by atoms with Crippen LogP contribution in [-0.2, 0) is 9.53 Å². The summed E-state index contributed by atoms with van der Waals surface area (Å²) in [5.74, 6) is -0.793. The molecule has 1 amide bonds. The molecular formula is C12H21NO4. The Bertz CT molecular complexity index is 302. The first-order chi connectivity index (χ1) is 7.72. The average molecular weight is 243 g/mol. The van der Waals surface area contributed by atoms with Crippen molar-refractivity contribution >= 4 is 12.1 Å². The molecule has 1 saturated carbocycles. The van der Waals surface area contributed by atoms with E-state index in [1.807, 2.05) is 20.8 Å². The summed E-state index contributed by atoms with van der Waals surface area (Å²) in [6.45, 7) is 5.45. The highest BCUT2D eigenvalue weighted by Crippen LogP contribution is 2.40. The van der Waals surface area contributed by atoms with E-state index in [9.17, 15) is 9.59 Å². The van der Waals surface area contributed by atoms with Crippen LogP contribution in [0, 0.1) is 0 Å². The fraction of sp³-hybridized carbons (Fsp3) is 0.833. The molecule has 17 heavy (non-hydrogen) atoms. The summed E-state index contributed by atoms with van der Waals surface area (Å²) in [6.07, 6.45) is 2.85. The van der Waals surface area contributed by atoms with E-state index in [0.717, 1.165) is 12.8 Å². The van der Waals surface area contributed by atoms with Gasteiger partial charge in [-0.3, -0.25) is 4.79 Å². The summed E-state index contributed by atoms with van der Waals surface area (Å²) in [5, 5.41) is 11.4. The van der Waals surface area contributed by atoms with Gasteiger partial charge in [-0.15, -0.1) is 0 Å². The molecule has 0 saturated heterocycles. The number of aliphatic carboxylic acids is 1. The predicted molar refractivity (Wildman–Crippen MR) is 62.8 cm³/mol. The zero-order valence-corrected chi connectivity index (χ0v) is 10.7. The molecule has 2 N–H and O–H groups in total. The average Bonchev–Trinajstić information content (AvgIpc) is 2.80. The van der Waals surface area contributed by atoms with Crippen LogP contribution in [0.5, 0.6) is 0 Å². The molecule has 0 aromatic rings. The van der Waals surface area contributed by atoms with E-state index in [1.54, 1.807) is 0 Å². The SMILES string of the molecule is CC(C)(C)OC(=O)NC1(CCCC(=O)O)CC1. The smallest absolute Gasteiger partial charge is 0.408 e. The normalized spacial score (nSPS) is 17.4. The lowest BCUT2D eigenvalue weighted by Gasteiger charge is -2.23. The minimum atomic E-state index is -0.793. The maximum absolute atomic E-state index is 11.6. The number of carboxylic acid groups (broad SMARTS) is 1. The topological polar surface area (TPSA) is 75.6 Å². The van der Waals surface area contributed by atoms with Crippen molar-refractivity contribution in [1.82, 2.24) is 5.32 Å². The number of hydrogen-bond acceptors (Lipinski definition) is 3. The van der Waals surface area contributed by atoms with E-state index in [1.165, 1.54) is 0 Å². The van der Waals surface area contributed by atoms with Crippen LogP contribution in [0.4, 0.5) is 4.79 Å². The van der Waals surface area contributed by atoms with Gasteiger partial charge in [0, 0.05) is 12.0 Å². The molecule has 5 heteroatoms. The van der Waals surface area contributed by atoms with E-state index < -0.39 is 17.7 Å². The summed E-state index contributed by atoms with van der Waals surface area (Å²) in [7, 11) is 0. The third kappa shape index (κ3) is 5.56. The van der Waals surface area contributed by atoms with Crippen molar-refractivity contribution in [1.29, 1.82) is 0 Å². The van der Waals surface area contributed by atoms with Gasteiger partial charge in [-0.1, -0.05) is 0 Å². The number of amides is 1. The second-order valence-electron chi connectivity index (χ2n) is 5.65. The minimum absolute atomic E-state index is 0.151. The zero-order valence-electron chi connectivity index (χ0n) is 10.7. The number of hydrogen-bond donors (Lipinski definition) is 2. The Morgan fingerprint density at radius 1 is 1.35 bits per heavy atom. The van der Waals surface area contributed by atoms with Crippen molar-refractivity contribution in [2.45, 2.75) is 64.0 Å². The van der Waals surface area contributed by atoms with Gasteiger partial charge in [0.25, 0.3) is 0 Å². The number of alkyl carbamates (subject to hydrolysis) is 1. The molecule has 0 aliphatic heterocycles. The zero-order chi connectivity index (χ0) is 13.1. The highest BCUT2D eigenvalue weighted by atomic mass is 16.6. The van der Waals surface area contributed by atoms with Crippen LogP contribution in [0.25, 0.3) is 0 Å². The van der Waals surface area contributed by atoms with Crippen molar-refractivity contribution in [2.75, 3.05) is 0 Å². The first-order valence-electron chi connectivity index (χ1n) is 5.95. The van der Waals surface area contributed by atoms with Gasteiger partial charge in [0.05, 0.1) is 0 Å². The van der Waals surface area contributed by atoms with Crippen LogP contribution < -0.4 is 5.32 Å². The number of carbonyl (C=O) groups is 2. The predicted octanol–water partition coefficient (Wildman–Crippen LogP) is 2.30. The molecule has 0 atom stereocenters. The number of carboxylic acids is 1. The van der Waals surface area contributed by atoms with Gasteiger partial charge >= 0.3 is 12.1 Å². The number of nitrogens with one attached hydrogen (secondary N) is 1. The molecule has 5 nitrogen and oxygen atoms in total. The molecule has 0 spiro atoms. The summed E-state index contributed by atoms with van der Waals surface area (Å²) in [6, 6.07) is 0. The van der Waals surface area contributed by atoms with Crippen molar-refractivity contribution in [3.8, 4) is 0 Å². The second-order valence-corrected chi connectivity index (χ2v) is 5.65. The Kier molecular flexibility index (Phi) is 4.01. The van der Waals surface area contributed by atoms with Gasteiger partial charge in [-0.25, -0.2) is 4.79 Å². The minimum Gasteiger partial charge on any atom is -0.481 e. The van der Waals surface area contributed by atoms with Gasteiger partial charge in [0.15, 0.2) is 0 Å². The standard InChI is InChI=1S/C12H21NO4/c1-11(2,3)17-10(16)13-12(7-8-12)6-4-5-9(14)15/h4-8H2,1-3H3,(H,13,16)(H,14,15). The molecule has 1 aliphatic carbocycles.